The SMILES string of the molecule is Cc1cc(CNc2nccc(C)c2C#N)sc1C. The number of nitriles is 1. The minimum atomic E-state index is 0.627. The summed E-state index contributed by atoms with van der Waals surface area (Å²) in [4.78, 5) is 6.82. The fourth-order valence-corrected chi connectivity index (χ4v) is 2.73. The predicted molar refractivity (Wildman–Crippen MR) is 74.8 cm³/mol. The van der Waals surface area contributed by atoms with Crippen LogP contribution in [0, 0.1) is 32.1 Å². The quantitative estimate of drug-likeness (QED) is 0.914. The maximum absolute atomic E-state index is 9.12. The number of hydrogen-bond acceptors (Lipinski definition) is 4. The van der Waals surface area contributed by atoms with Gasteiger partial charge in [0.15, 0.2) is 0 Å². The molecule has 0 aliphatic heterocycles. The van der Waals surface area contributed by atoms with E-state index >= 15 is 0 Å². The fraction of sp³-hybridized carbons (Fsp3) is 0.286. The Hall–Kier alpha value is -1.86. The third-order valence-electron chi connectivity index (χ3n) is 2.92. The molecule has 1 N–H and O–H groups in total. The molecule has 0 aromatic carbocycles. The first-order chi connectivity index (χ1) is 8.61. The number of thiophene rings is 1. The standard InChI is InChI=1S/C14H15N3S/c1-9-4-5-16-14(13(9)7-15)17-8-12-6-10(2)11(3)18-12/h4-6H,8H2,1-3H3,(H,16,17). The number of hydrogen-bond donors (Lipinski definition) is 1. The largest absolute Gasteiger partial charge is 0.364 e. The van der Waals surface area contributed by atoms with Crippen LogP contribution < -0.4 is 5.32 Å². The normalized spacial score (nSPS) is 10.1. The van der Waals surface area contributed by atoms with Crippen molar-refractivity contribution in [2.24, 2.45) is 0 Å². The highest BCUT2D eigenvalue weighted by Crippen LogP contribution is 2.22. The summed E-state index contributed by atoms with van der Waals surface area (Å²) in [6.07, 6.45) is 1.73. The van der Waals surface area contributed by atoms with E-state index in [2.05, 4.69) is 36.3 Å². The Morgan fingerprint density at radius 3 is 2.72 bits per heavy atom. The van der Waals surface area contributed by atoms with Crippen LogP contribution in [0.4, 0.5) is 5.82 Å². The zero-order valence-corrected chi connectivity index (χ0v) is 11.6. The molecule has 0 radical (unpaired) electrons. The molecular formula is C14H15N3S. The molecule has 0 unspecified atom stereocenters. The zero-order chi connectivity index (χ0) is 13.1. The molecule has 0 atom stereocenters. The van der Waals surface area contributed by atoms with Crippen molar-refractivity contribution in [3.05, 3.63) is 44.8 Å². The van der Waals surface area contributed by atoms with Crippen LogP contribution in [0.3, 0.4) is 0 Å². The monoisotopic (exact) mass is 257 g/mol. The van der Waals surface area contributed by atoms with Gasteiger partial charge in [0.1, 0.15) is 11.9 Å². The molecule has 18 heavy (non-hydrogen) atoms. The van der Waals surface area contributed by atoms with E-state index in [9.17, 15) is 0 Å². The van der Waals surface area contributed by atoms with Crippen molar-refractivity contribution in [1.29, 1.82) is 5.26 Å². The van der Waals surface area contributed by atoms with Gasteiger partial charge in [-0.15, -0.1) is 11.3 Å². The molecule has 0 fully saturated rings. The molecule has 3 nitrogen and oxygen atoms in total. The van der Waals surface area contributed by atoms with E-state index in [1.54, 1.807) is 17.5 Å². The van der Waals surface area contributed by atoms with E-state index in [4.69, 9.17) is 5.26 Å². The van der Waals surface area contributed by atoms with Crippen LogP contribution in [-0.4, -0.2) is 4.98 Å². The molecule has 0 spiro atoms. The number of aryl methyl sites for hydroxylation is 3. The van der Waals surface area contributed by atoms with Crippen molar-refractivity contribution in [3.8, 4) is 6.07 Å². The van der Waals surface area contributed by atoms with Crippen molar-refractivity contribution in [2.75, 3.05) is 5.32 Å². The molecule has 4 heteroatoms. The lowest BCUT2D eigenvalue weighted by Gasteiger charge is -2.07. The van der Waals surface area contributed by atoms with Crippen LogP contribution in [0.1, 0.15) is 26.4 Å². The number of pyridine rings is 1. The molecule has 2 heterocycles. The van der Waals surface area contributed by atoms with Gasteiger partial charge in [-0.1, -0.05) is 0 Å². The molecule has 0 aliphatic rings. The Bertz CT molecular complexity index is 588. The van der Waals surface area contributed by atoms with Gasteiger partial charge in [-0.3, -0.25) is 0 Å². The van der Waals surface area contributed by atoms with E-state index in [1.165, 1.54) is 15.3 Å². The van der Waals surface area contributed by atoms with Gasteiger partial charge in [0.25, 0.3) is 0 Å². The van der Waals surface area contributed by atoms with Gasteiger partial charge in [-0.05, 0) is 44.0 Å². The van der Waals surface area contributed by atoms with Crippen molar-refractivity contribution in [3.63, 3.8) is 0 Å². The number of nitrogens with one attached hydrogen (secondary N) is 1. The Morgan fingerprint density at radius 1 is 1.33 bits per heavy atom. The first-order valence-electron chi connectivity index (χ1n) is 5.77. The second-order valence-electron chi connectivity index (χ2n) is 4.27. The molecule has 2 rings (SSSR count). The summed E-state index contributed by atoms with van der Waals surface area (Å²) in [6.45, 7) is 6.87. The van der Waals surface area contributed by atoms with Gasteiger partial charge in [-0.2, -0.15) is 5.26 Å². The number of rotatable bonds is 3. The maximum atomic E-state index is 9.12. The lowest BCUT2D eigenvalue weighted by atomic mass is 10.1. The summed E-state index contributed by atoms with van der Waals surface area (Å²) in [5.41, 5.74) is 2.89. The van der Waals surface area contributed by atoms with E-state index in [1.807, 2.05) is 13.0 Å². The molecule has 0 aliphatic carbocycles. The summed E-state index contributed by atoms with van der Waals surface area (Å²) in [5, 5.41) is 12.4. The van der Waals surface area contributed by atoms with E-state index in [0.29, 0.717) is 17.9 Å². The average Bonchev–Trinajstić information content (AvgIpc) is 2.66. The van der Waals surface area contributed by atoms with Crippen molar-refractivity contribution >= 4 is 17.2 Å². The van der Waals surface area contributed by atoms with Crippen LogP contribution in [0.25, 0.3) is 0 Å². The summed E-state index contributed by atoms with van der Waals surface area (Å²) < 4.78 is 0. The highest BCUT2D eigenvalue weighted by atomic mass is 32.1. The number of anilines is 1. The Kier molecular flexibility index (Phi) is 3.63. The zero-order valence-electron chi connectivity index (χ0n) is 10.7. The highest BCUT2D eigenvalue weighted by Gasteiger charge is 2.07. The summed E-state index contributed by atoms with van der Waals surface area (Å²) in [5.74, 6) is 0.668. The van der Waals surface area contributed by atoms with Gasteiger partial charge >= 0.3 is 0 Å². The highest BCUT2D eigenvalue weighted by molar-refractivity contribution is 7.12. The lowest BCUT2D eigenvalue weighted by Crippen LogP contribution is -2.03. The van der Waals surface area contributed by atoms with Crippen LogP contribution in [-0.2, 0) is 6.54 Å². The third kappa shape index (κ3) is 2.52. The van der Waals surface area contributed by atoms with Gasteiger partial charge in [0, 0.05) is 16.0 Å². The van der Waals surface area contributed by atoms with Crippen LogP contribution in [0.5, 0.6) is 0 Å². The van der Waals surface area contributed by atoms with Gasteiger partial charge in [-0.25, -0.2) is 4.98 Å². The van der Waals surface area contributed by atoms with Gasteiger partial charge in [0.05, 0.1) is 12.1 Å². The Morgan fingerprint density at radius 2 is 2.11 bits per heavy atom. The molecule has 2 aromatic rings. The minimum Gasteiger partial charge on any atom is -0.364 e. The van der Waals surface area contributed by atoms with Crippen LogP contribution in [0.2, 0.25) is 0 Å². The smallest absolute Gasteiger partial charge is 0.144 e. The first-order valence-corrected chi connectivity index (χ1v) is 6.59. The van der Waals surface area contributed by atoms with E-state index in [-0.39, 0.29) is 0 Å². The molecule has 0 saturated heterocycles. The molecule has 92 valence electrons. The lowest BCUT2D eigenvalue weighted by molar-refractivity contribution is 1.12. The average molecular weight is 257 g/mol. The fourth-order valence-electron chi connectivity index (χ4n) is 1.74. The second-order valence-corrected chi connectivity index (χ2v) is 5.61. The number of nitrogens with zero attached hydrogens (tertiary/aromatic N) is 2. The van der Waals surface area contributed by atoms with Gasteiger partial charge < -0.3 is 5.32 Å². The van der Waals surface area contributed by atoms with Crippen LogP contribution in [0.15, 0.2) is 18.3 Å². The Labute approximate surface area is 111 Å². The topological polar surface area (TPSA) is 48.7 Å². The summed E-state index contributed by atoms with van der Waals surface area (Å²) in [6, 6.07) is 6.22. The summed E-state index contributed by atoms with van der Waals surface area (Å²) >= 11 is 1.78. The third-order valence-corrected chi connectivity index (χ3v) is 4.07. The van der Waals surface area contributed by atoms with Crippen LogP contribution >= 0.6 is 11.3 Å². The minimum absolute atomic E-state index is 0.627. The van der Waals surface area contributed by atoms with Gasteiger partial charge in [0.2, 0.25) is 0 Å². The van der Waals surface area contributed by atoms with E-state index in [0.717, 1.165) is 5.56 Å². The predicted octanol–water partition coefficient (Wildman–Crippen LogP) is 3.55. The molecular weight excluding hydrogens is 242 g/mol. The van der Waals surface area contributed by atoms with Crippen molar-refractivity contribution in [2.45, 2.75) is 27.3 Å². The van der Waals surface area contributed by atoms with E-state index < -0.39 is 0 Å². The summed E-state index contributed by atoms with van der Waals surface area (Å²) in [7, 11) is 0. The molecule has 2 aromatic heterocycles. The Balaban J connectivity index is 2.16. The van der Waals surface area contributed by atoms with Crippen molar-refractivity contribution < 1.29 is 0 Å². The first kappa shape index (κ1) is 12.6. The molecule has 0 amide bonds. The number of aromatic nitrogens is 1. The maximum Gasteiger partial charge on any atom is 0.144 e. The second kappa shape index (κ2) is 5.19. The van der Waals surface area contributed by atoms with Crippen molar-refractivity contribution in [1.82, 2.24) is 4.98 Å². The molecule has 0 saturated carbocycles. The molecule has 0 bridgehead atoms.